The zero-order valence-corrected chi connectivity index (χ0v) is 20.5. The van der Waals surface area contributed by atoms with Crippen LogP contribution in [0.2, 0.25) is 0 Å². The SMILES string of the molecule is CC(C)Oc1ccc(-c2nc(-c3ccc4c(c3)CCN(CC(=O)N[C@@H](C)CO)CC4)no2)cc1N. The van der Waals surface area contributed by atoms with E-state index in [9.17, 15) is 4.79 Å². The van der Waals surface area contributed by atoms with Crippen molar-refractivity contribution in [2.45, 2.75) is 45.8 Å². The Morgan fingerprint density at radius 2 is 1.89 bits per heavy atom. The number of nitrogens with one attached hydrogen (secondary N) is 1. The summed E-state index contributed by atoms with van der Waals surface area (Å²) in [4.78, 5) is 18.9. The highest BCUT2D eigenvalue weighted by Gasteiger charge is 2.19. The lowest BCUT2D eigenvalue weighted by atomic mass is 10.00. The van der Waals surface area contributed by atoms with E-state index in [4.69, 9.17) is 20.1 Å². The van der Waals surface area contributed by atoms with Crippen LogP contribution in [0, 0.1) is 0 Å². The van der Waals surface area contributed by atoms with Crippen LogP contribution in [0.4, 0.5) is 5.69 Å². The Hall–Kier alpha value is -3.43. The number of benzene rings is 2. The van der Waals surface area contributed by atoms with Crippen LogP contribution in [0.1, 0.15) is 31.9 Å². The summed E-state index contributed by atoms with van der Waals surface area (Å²) in [6.07, 6.45) is 1.72. The van der Waals surface area contributed by atoms with Crippen LogP contribution >= 0.6 is 0 Å². The molecule has 1 aliphatic rings. The van der Waals surface area contributed by atoms with Gasteiger partial charge >= 0.3 is 0 Å². The first-order valence-electron chi connectivity index (χ1n) is 12.0. The fourth-order valence-electron chi connectivity index (χ4n) is 4.14. The number of nitrogens with two attached hydrogens (primary N) is 1. The number of nitrogens with zero attached hydrogens (tertiary/aromatic N) is 3. The van der Waals surface area contributed by atoms with Crippen LogP contribution in [0.25, 0.3) is 22.8 Å². The molecular weight excluding hydrogens is 446 g/mol. The van der Waals surface area contributed by atoms with Crippen molar-refractivity contribution in [3.8, 4) is 28.6 Å². The van der Waals surface area contributed by atoms with Gasteiger partial charge in [0, 0.05) is 30.3 Å². The van der Waals surface area contributed by atoms with Gasteiger partial charge in [0.2, 0.25) is 11.7 Å². The number of anilines is 1. The van der Waals surface area contributed by atoms with Gasteiger partial charge in [0.15, 0.2) is 0 Å². The highest BCUT2D eigenvalue weighted by Crippen LogP contribution is 2.30. The number of carbonyl (C=O) groups excluding carboxylic acids is 1. The molecule has 1 aromatic heterocycles. The largest absolute Gasteiger partial charge is 0.489 e. The Bertz CT molecular complexity index is 1180. The zero-order chi connectivity index (χ0) is 24.9. The van der Waals surface area contributed by atoms with Gasteiger partial charge in [-0.25, -0.2) is 0 Å². The molecule has 3 aromatic rings. The summed E-state index contributed by atoms with van der Waals surface area (Å²) in [6, 6.07) is 11.4. The first-order valence-corrected chi connectivity index (χ1v) is 12.0. The topological polar surface area (TPSA) is 127 Å². The van der Waals surface area contributed by atoms with Gasteiger partial charge in [-0.15, -0.1) is 0 Å². The Morgan fingerprint density at radius 3 is 2.60 bits per heavy atom. The third-order valence-electron chi connectivity index (χ3n) is 5.95. The van der Waals surface area contributed by atoms with E-state index in [0.717, 1.165) is 37.1 Å². The van der Waals surface area contributed by atoms with Gasteiger partial charge in [-0.2, -0.15) is 4.98 Å². The zero-order valence-electron chi connectivity index (χ0n) is 20.5. The van der Waals surface area contributed by atoms with Crippen LogP contribution < -0.4 is 15.8 Å². The average Bonchev–Trinajstić information content (AvgIpc) is 3.24. The van der Waals surface area contributed by atoms with Crippen molar-refractivity contribution >= 4 is 11.6 Å². The first kappa shape index (κ1) is 24.7. The lowest BCUT2D eigenvalue weighted by Gasteiger charge is -2.20. The molecule has 0 spiro atoms. The minimum atomic E-state index is -0.239. The van der Waals surface area contributed by atoms with Gasteiger partial charge < -0.3 is 25.4 Å². The Kier molecular flexibility index (Phi) is 7.67. The fourth-order valence-corrected chi connectivity index (χ4v) is 4.14. The second-order valence-corrected chi connectivity index (χ2v) is 9.25. The monoisotopic (exact) mass is 479 g/mol. The summed E-state index contributed by atoms with van der Waals surface area (Å²) >= 11 is 0. The number of ether oxygens (including phenoxy) is 1. The van der Waals surface area contributed by atoms with Crippen LogP contribution in [0.3, 0.4) is 0 Å². The third-order valence-corrected chi connectivity index (χ3v) is 5.95. The molecule has 0 aliphatic carbocycles. The number of aliphatic hydroxyl groups excluding tert-OH is 1. The van der Waals surface area contributed by atoms with Gasteiger partial charge in [0.05, 0.1) is 24.9 Å². The summed E-state index contributed by atoms with van der Waals surface area (Å²) in [5, 5.41) is 16.1. The van der Waals surface area contributed by atoms with Crippen LogP contribution in [0.15, 0.2) is 40.9 Å². The summed E-state index contributed by atoms with van der Waals surface area (Å²) in [5.74, 6) is 1.47. The number of rotatable bonds is 8. The van der Waals surface area contributed by atoms with Crippen molar-refractivity contribution in [2.24, 2.45) is 0 Å². The lowest BCUT2D eigenvalue weighted by Crippen LogP contribution is -2.43. The van der Waals surface area contributed by atoms with Gasteiger partial charge in [-0.3, -0.25) is 9.69 Å². The molecular formula is C26H33N5O4. The van der Waals surface area contributed by atoms with Crippen molar-refractivity contribution in [1.82, 2.24) is 20.4 Å². The summed E-state index contributed by atoms with van der Waals surface area (Å²) in [6.45, 7) is 7.52. The third kappa shape index (κ3) is 6.17. The smallest absolute Gasteiger partial charge is 0.258 e. The number of aliphatic hydroxyl groups is 1. The molecule has 0 fully saturated rings. The van der Waals surface area contributed by atoms with Crippen molar-refractivity contribution in [3.05, 3.63) is 47.5 Å². The number of aromatic nitrogens is 2. The molecule has 9 nitrogen and oxygen atoms in total. The molecule has 4 rings (SSSR count). The fraction of sp³-hybridized carbons (Fsp3) is 0.423. The van der Waals surface area contributed by atoms with E-state index in [2.05, 4.69) is 32.5 Å². The maximum absolute atomic E-state index is 12.2. The standard InChI is InChI=1S/C26H33N5O4/c1-16(2)34-23-7-6-21(13-22(23)27)26-29-25(30-35-26)20-5-4-18-8-10-31(11-9-19(18)12-20)14-24(33)28-17(3)15-32/h4-7,12-13,16-17,32H,8-11,14-15,27H2,1-3H3,(H,28,33)/t17-/m0/s1. The minimum absolute atomic E-state index is 0.0329. The van der Waals surface area contributed by atoms with E-state index < -0.39 is 0 Å². The predicted molar refractivity (Wildman–Crippen MR) is 134 cm³/mol. The molecule has 0 saturated heterocycles. The molecule has 1 atom stereocenters. The van der Waals surface area contributed by atoms with E-state index in [1.54, 1.807) is 13.0 Å². The van der Waals surface area contributed by atoms with Gasteiger partial charge in [-0.1, -0.05) is 17.3 Å². The van der Waals surface area contributed by atoms with E-state index in [-0.39, 0.29) is 24.7 Å². The molecule has 2 aromatic carbocycles. The van der Waals surface area contributed by atoms with Gasteiger partial charge in [0.25, 0.3) is 5.89 Å². The molecule has 0 bridgehead atoms. The molecule has 9 heteroatoms. The highest BCUT2D eigenvalue weighted by atomic mass is 16.5. The molecule has 35 heavy (non-hydrogen) atoms. The number of nitrogen functional groups attached to an aromatic ring is 1. The second-order valence-electron chi connectivity index (χ2n) is 9.25. The van der Waals surface area contributed by atoms with Crippen LogP contribution in [-0.4, -0.2) is 64.4 Å². The maximum atomic E-state index is 12.2. The quantitative estimate of drug-likeness (QED) is 0.421. The van der Waals surface area contributed by atoms with E-state index in [1.807, 2.05) is 32.0 Å². The van der Waals surface area contributed by atoms with Crippen molar-refractivity contribution in [3.63, 3.8) is 0 Å². The normalized spacial score (nSPS) is 14.9. The van der Waals surface area contributed by atoms with Gasteiger partial charge in [0.1, 0.15) is 5.75 Å². The number of fused-ring (bicyclic) bond motifs is 1. The lowest BCUT2D eigenvalue weighted by molar-refractivity contribution is -0.123. The molecule has 0 radical (unpaired) electrons. The Balaban J connectivity index is 1.44. The summed E-state index contributed by atoms with van der Waals surface area (Å²) < 4.78 is 11.2. The molecule has 0 saturated carbocycles. The van der Waals surface area contributed by atoms with E-state index in [1.165, 1.54) is 11.1 Å². The van der Waals surface area contributed by atoms with E-state index in [0.29, 0.717) is 29.7 Å². The number of carbonyl (C=O) groups is 1. The molecule has 4 N–H and O–H groups in total. The van der Waals surface area contributed by atoms with E-state index >= 15 is 0 Å². The average molecular weight is 480 g/mol. The predicted octanol–water partition coefficient (Wildman–Crippen LogP) is 2.67. The van der Waals surface area contributed by atoms with Crippen LogP contribution in [-0.2, 0) is 17.6 Å². The number of amides is 1. The maximum Gasteiger partial charge on any atom is 0.258 e. The molecule has 1 aliphatic heterocycles. The van der Waals surface area contributed by atoms with Crippen molar-refractivity contribution in [2.75, 3.05) is 32.0 Å². The van der Waals surface area contributed by atoms with Crippen molar-refractivity contribution in [1.29, 1.82) is 0 Å². The Morgan fingerprint density at radius 1 is 1.14 bits per heavy atom. The molecule has 2 heterocycles. The number of hydrogen-bond acceptors (Lipinski definition) is 8. The van der Waals surface area contributed by atoms with Crippen LogP contribution in [0.5, 0.6) is 5.75 Å². The molecule has 186 valence electrons. The number of hydrogen-bond donors (Lipinski definition) is 3. The van der Waals surface area contributed by atoms with Gasteiger partial charge in [-0.05, 0) is 69.0 Å². The summed E-state index contributed by atoms with van der Waals surface area (Å²) in [5.41, 5.74) is 10.8. The molecule has 0 unspecified atom stereocenters. The summed E-state index contributed by atoms with van der Waals surface area (Å²) in [7, 11) is 0. The first-order chi connectivity index (χ1) is 16.8. The molecule has 1 amide bonds. The van der Waals surface area contributed by atoms with Crippen molar-refractivity contribution < 1.29 is 19.2 Å². The Labute approximate surface area is 205 Å². The second kappa shape index (κ2) is 10.9. The highest BCUT2D eigenvalue weighted by molar-refractivity contribution is 5.78. The minimum Gasteiger partial charge on any atom is -0.489 e.